The Morgan fingerprint density at radius 1 is 0.847 bits per heavy atom. The quantitative estimate of drug-likeness (QED) is 0.0691. The van der Waals surface area contributed by atoms with Gasteiger partial charge in [0.1, 0.15) is 37.3 Å². The maximum atomic E-state index is 14.1. The summed E-state index contributed by atoms with van der Waals surface area (Å²) >= 11 is 0. The monoisotopic (exact) mass is 1170 g/mol. The molecule has 8 fully saturated rings. The normalized spacial score (nSPS) is 35.5. The van der Waals surface area contributed by atoms with Gasteiger partial charge in [-0.2, -0.15) is 0 Å². The minimum atomic E-state index is -1.97. The average Bonchev–Trinajstić information content (AvgIpc) is 1.27. The van der Waals surface area contributed by atoms with Gasteiger partial charge in [-0.15, -0.1) is 20.4 Å². The lowest BCUT2D eigenvalue weighted by molar-refractivity contribution is -0.271. The number of Topliss-reactive ketones (excluding diaryl/α,β-unsaturated/α-hetero) is 1. The van der Waals surface area contributed by atoms with Crippen molar-refractivity contribution in [2.45, 2.75) is 145 Å². The Morgan fingerprint density at radius 3 is 2.28 bits per heavy atom. The van der Waals surface area contributed by atoms with Crippen LogP contribution in [-0.2, 0) is 62.4 Å². The number of carbonyl (C=O) groups excluding carboxylic acids is 5. The second-order valence-electron chi connectivity index (χ2n) is 24.8. The summed E-state index contributed by atoms with van der Waals surface area (Å²) in [5.41, 5.74) is 1.30. The third-order valence-electron chi connectivity index (χ3n) is 19.5. The fourth-order valence-corrected chi connectivity index (χ4v) is 15.8. The highest BCUT2D eigenvalue weighted by atomic mass is 16.7. The van der Waals surface area contributed by atoms with Gasteiger partial charge in [0, 0.05) is 46.4 Å². The van der Waals surface area contributed by atoms with E-state index >= 15 is 0 Å². The first-order valence-corrected chi connectivity index (χ1v) is 28.7. The number of allylic oxidation sites excluding steroid dienone is 4. The summed E-state index contributed by atoms with van der Waals surface area (Å²) in [6, 6.07) is 19.1. The third kappa shape index (κ3) is 10.4. The molecule has 1 aromatic heterocycles. The van der Waals surface area contributed by atoms with E-state index in [1.54, 1.807) is 36.4 Å². The highest BCUT2D eigenvalue weighted by Crippen LogP contribution is 2.71. The van der Waals surface area contributed by atoms with E-state index in [1.807, 2.05) is 37.3 Å². The number of nitrogens with one attached hydrogen (secondary N) is 3. The van der Waals surface area contributed by atoms with Crippen LogP contribution in [-0.4, -0.2) is 154 Å². The van der Waals surface area contributed by atoms with E-state index in [9.17, 15) is 59.4 Å². The van der Waals surface area contributed by atoms with E-state index in [-0.39, 0.29) is 78.7 Å². The highest BCUT2D eigenvalue weighted by molar-refractivity contribution is 6.01. The minimum Gasteiger partial charge on any atom is -0.479 e. The number of hydrogen-bond acceptors (Lipinski definition) is 20. The number of anilines is 1. The number of aromatic nitrogens is 4. The molecule has 0 spiro atoms. The number of benzene rings is 3. The smallest absolute Gasteiger partial charge is 0.407 e. The Hall–Kier alpha value is -7.42. The first-order chi connectivity index (χ1) is 40.6. The molecule has 2 saturated heterocycles. The van der Waals surface area contributed by atoms with E-state index < -0.39 is 102 Å². The van der Waals surface area contributed by atoms with Crippen molar-refractivity contribution in [1.29, 1.82) is 0 Å². The molecule has 7 aliphatic carbocycles. The zero-order valence-electron chi connectivity index (χ0n) is 46.7. The number of aliphatic carboxylic acids is 1. The zero-order chi connectivity index (χ0) is 59.8. The number of ketones is 2. The van der Waals surface area contributed by atoms with E-state index in [1.165, 1.54) is 24.5 Å². The van der Waals surface area contributed by atoms with Crippen molar-refractivity contribution < 1.29 is 83.1 Å². The number of nitrogens with zero attached hydrogens (tertiary/aromatic N) is 4. The third-order valence-corrected chi connectivity index (χ3v) is 19.5. The molecule has 85 heavy (non-hydrogen) atoms. The summed E-state index contributed by atoms with van der Waals surface area (Å²) < 4.78 is 30.3. The van der Waals surface area contributed by atoms with Crippen LogP contribution in [0.4, 0.5) is 10.5 Å². The van der Waals surface area contributed by atoms with Crippen LogP contribution in [0.2, 0.25) is 0 Å². The van der Waals surface area contributed by atoms with Crippen LogP contribution >= 0.6 is 0 Å². The number of fused-ring (bicyclic) bond motifs is 7. The molecule has 2 aliphatic heterocycles. The molecule has 24 heteroatoms. The van der Waals surface area contributed by atoms with Crippen molar-refractivity contribution >= 4 is 41.1 Å². The maximum absolute atomic E-state index is 14.1. The number of aliphatic hydroxyl groups excluding tert-OH is 5. The summed E-state index contributed by atoms with van der Waals surface area (Å²) in [5.74, 6) is -3.00. The minimum absolute atomic E-state index is 0.00955. The molecule has 24 nitrogen and oxygen atoms in total. The van der Waals surface area contributed by atoms with E-state index in [0.717, 1.165) is 55.2 Å². The van der Waals surface area contributed by atoms with Gasteiger partial charge in [0.15, 0.2) is 35.9 Å². The number of hydrogen-bond donors (Lipinski definition) is 9. The highest BCUT2D eigenvalue weighted by Gasteiger charge is 2.76. The van der Waals surface area contributed by atoms with Gasteiger partial charge in [0.05, 0.1) is 24.3 Å². The van der Waals surface area contributed by atoms with Crippen molar-refractivity contribution in [3.63, 3.8) is 0 Å². The van der Waals surface area contributed by atoms with Gasteiger partial charge in [0.25, 0.3) is 0 Å². The van der Waals surface area contributed by atoms with Crippen LogP contribution in [0, 0.1) is 34.0 Å². The number of ether oxygens (including phenoxy) is 5. The number of amides is 3. The van der Waals surface area contributed by atoms with E-state index in [0.29, 0.717) is 28.9 Å². The van der Waals surface area contributed by atoms with Crippen molar-refractivity contribution in [3.8, 4) is 17.1 Å². The Labute approximate surface area is 487 Å². The van der Waals surface area contributed by atoms with Crippen LogP contribution in [0.15, 0.2) is 96.9 Å². The maximum Gasteiger partial charge on any atom is 0.407 e. The van der Waals surface area contributed by atoms with Gasteiger partial charge < -0.3 is 70.3 Å². The fraction of sp³-hybridized carbons (Fsp3) is 0.508. The molecule has 0 unspecified atom stereocenters. The summed E-state index contributed by atoms with van der Waals surface area (Å²) in [6.07, 6.45) is -1.08. The molecule has 0 radical (unpaired) electrons. The Balaban J connectivity index is 0.641. The van der Waals surface area contributed by atoms with Crippen molar-refractivity contribution in [1.82, 2.24) is 31.0 Å². The molecule has 13 rings (SSSR count). The van der Waals surface area contributed by atoms with Crippen LogP contribution in [0.1, 0.15) is 93.8 Å². The lowest BCUT2D eigenvalue weighted by Crippen LogP contribution is -2.75. The lowest BCUT2D eigenvalue weighted by atomic mass is 9.38. The molecular weight excluding hydrogens is 1100 g/mol. The Bertz CT molecular complexity index is 3350. The number of carboxylic acids is 1. The zero-order valence-corrected chi connectivity index (χ0v) is 46.7. The molecule has 3 aromatic carbocycles. The second kappa shape index (κ2) is 22.1. The number of carbonyl (C=O) groups is 6. The topological polar surface area (TPSA) is 358 Å². The molecule has 14 atom stereocenters. The molecule has 6 saturated carbocycles. The average molecular weight is 1170 g/mol. The predicted octanol–water partition coefficient (Wildman–Crippen LogP) is 2.89. The Kier molecular flexibility index (Phi) is 15.1. The molecule has 9 aliphatic rings. The van der Waals surface area contributed by atoms with Gasteiger partial charge in [-0.05, 0) is 110 Å². The first-order valence-electron chi connectivity index (χ1n) is 28.7. The molecule has 3 amide bonds. The number of rotatable bonds is 18. The van der Waals surface area contributed by atoms with Crippen LogP contribution in [0.25, 0.3) is 11.4 Å². The lowest BCUT2D eigenvalue weighted by Gasteiger charge is -2.70. The summed E-state index contributed by atoms with van der Waals surface area (Å²) in [5, 5.41) is 87.1. The molecular formula is C61H67N7O17. The van der Waals surface area contributed by atoms with Crippen LogP contribution in [0.5, 0.6) is 5.75 Å². The van der Waals surface area contributed by atoms with Crippen molar-refractivity contribution in [2.24, 2.45) is 34.0 Å². The van der Waals surface area contributed by atoms with Crippen LogP contribution < -0.4 is 20.7 Å². The second-order valence-corrected chi connectivity index (χ2v) is 24.8. The molecule has 2 bridgehead atoms. The van der Waals surface area contributed by atoms with Gasteiger partial charge in [-0.1, -0.05) is 80.1 Å². The SMILES string of the molecule is C[C@]12C=CC(=O)C=C1CC[C@@H]1[C@@H]2[C@@H](O)C[C@@]2(C)[C@H]1C[C@H]1O[C@@H](c3ccc(CC45CC(NC(=O)OCc6ccc(O[C@@H]7O[C@H](C(=O)O)[C@@H](O)[C@H](O)[C@H]7O)c(NC(=O)CCNC(=O)Cc7ccc(-c8nncnn8)cc7)c6)(C4)C5)cc3)O[C@]12C(=O)CO. The first kappa shape index (κ1) is 58.0. The standard InChI is InChI=1S/C61H67N7O17/c1-57-17-15-37(70)21-36(57)12-13-38-39-22-44-61(43(72)25-69,58(39,2)24-41(71)47(38)57)85-54(83-44)35-10-5-32(6-11-35)23-59-27-60(28-59,29-59)66-56(80)81-26-33-7-14-42(82-55-50(77)48(75)49(76)51(84-55)53(78)79)40(19-33)65-45(73)16-18-62-46(74)20-31-3-8-34(9-4-31)52-67-63-30-64-68-52/h3-11,14-15,17,19,21,30,38-39,41,44,47-51,54-55,69,71,75-77H,12-13,16,18,20,22-29H2,1-2H3,(H,62,74)(H,65,73)(H,66,80)(H,78,79)/t38-,39-,41-,44+,47+,48-,49-,50+,51-,54+,55+,57-,58-,59?,60?,61+/m0/s1. The number of aliphatic hydroxyl groups is 5. The van der Waals surface area contributed by atoms with Crippen molar-refractivity contribution in [2.75, 3.05) is 18.5 Å². The van der Waals surface area contributed by atoms with Gasteiger partial charge >= 0.3 is 12.1 Å². The van der Waals surface area contributed by atoms with E-state index in [4.69, 9.17) is 23.7 Å². The van der Waals surface area contributed by atoms with E-state index in [2.05, 4.69) is 43.3 Å². The largest absolute Gasteiger partial charge is 0.479 e. The van der Waals surface area contributed by atoms with Gasteiger partial charge in [-0.25, -0.2) is 9.59 Å². The van der Waals surface area contributed by atoms with Crippen LogP contribution in [0.3, 0.4) is 0 Å². The fourth-order valence-electron chi connectivity index (χ4n) is 15.8. The summed E-state index contributed by atoms with van der Waals surface area (Å²) in [4.78, 5) is 77.7. The molecule has 9 N–H and O–H groups in total. The summed E-state index contributed by atoms with van der Waals surface area (Å²) in [6.45, 7) is 3.06. The molecule has 448 valence electrons. The molecule has 3 heterocycles. The predicted molar refractivity (Wildman–Crippen MR) is 294 cm³/mol. The summed E-state index contributed by atoms with van der Waals surface area (Å²) in [7, 11) is 0. The van der Waals surface area contributed by atoms with Crippen molar-refractivity contribution in [3.05, 3.63) is 119 Å². The van der Waals surface area contributed by atoms with Gasteiger partial charge in [-0.3, -0.25) is 19.2 Å². The Morgan fingerprint density at radius 2 is 1.56 bits per heavy atom. The number of carboxylic acid groups (broad SMARTS) is 1. The van der Waals surface area contributed by atoms with Gasteiger partial charge in [0.2, 0.25) is 23.9 Å². The molecule has 4 aromatic rings. The number of alkyl carbamates (subject to hydrolysis) is 1.